The van der Waals surface area contributed by atoms with Gasteiger partial charge in [0, 0.05) is 15.7 Å². The molecule has 0 aliphatic heterocycles. The van der Waals surface area contributed by atoms with E-state index < -0.39 is 0 Å². The maximum absolute atomic E-state index is 5.75. The zero-order valence-electron chi connectivity index (χ0n) is 10.6. The standard InChI is InChI=1S/C15H12BrN3O/c16-12-6-4-11(5-7-12)15-18-14(20-19-15)9-10-2-1-3-13(17)8-10/h1-8H,9,17H2. The van der Waals surface area contributed by atoms with Gasteiger partial charge in [-0.1, -0.05) is 33.2 Å². The molecular formula is C15H12BrN3O. The summed E-state index contributed by atoms with van der Waals surface area (Å²) in [5.74, 6) is 1.17. The lowest BCUT2D eigenvalue weighted by Gasteiger charge is -1.97. The number of hydrogen-bond donors (Lipinski definition) is 1. The highest BCUT2D eigenvalue weighted by molar-refractivity contribution is 9.10. The number of halogens is 1. The minimum absolute atomic E-state index is 0.577. The number of benzene rings is 2. The molecule has 0 spiro atoms. The third kappa shape index (κ3) is 2.88. The fraction of sp³-hybridized carbons (Fsp3) is 0.0667. The molecule has 0 fully saturated rings. The van der Waals surface area contributed by atoms with E-state index in [1.54, 1.807) is 0 Å². The summed E-state index contributed by atoms with van der Waals surface area (Å²) in [5, 5.41) is 4.00. The van der Waals surface area contributed by atoms with Crippen LogP contribution in [-0.2, 0) is 6.42 Å². The van der Waals surface area contributed by atoms with E-state index in [4.69, 9.17) is 10.3 Å². The van der Waals surface area contributed by atoms with Gasteiger partial charge in [-0.25, -0.2) is 0 Å². The molecule has 0 saturated carbocycles. The Bertz CT molecular complexity index is 722. The lowest BCUT2D eigenvalue weighted by Crippen LogP contribution is -1.91. The summed E-state index contributed by atoms with van der Waals surface area (Å²) in [6.45, 7) is 0. The molecule has 0 unspecified atom stereocenters. The van der Waals surface area contributed by atoms with Crippen LogP contribution < -0.4 is 5.73 Å². The Labute approximate surface area is 124 Å². The van der Waals surface area contributed by atoms with E-state index in [0.717, 1.165) is 21.3 Å². The van der Waals surface area contributed by atoms with E-state index in [1.807, 2.05) is 48.5 Å². The van der Waals surface area contributed by atoms with Crippen molar-refractivity contribution in [1.82, 2.24) is 10.1 Å². The topological polar surface area (TPSA) is 64.9 Å². The van der Waals surface area contributed by atoms with Gasteiger partial charge < -0.3 is 10.3 Å². The van der Waals surface area contributed by atoms with Crippen LogP contribution in [0.4, 0.5) is 5.69 Å². The first kappa shape index (κ1) is 12.9. The van der Waals surface area contributed by atoms with Crippen molar-refractivity contribution in [3.05, 3.63) is 64.5 Å². The molecule has 0 bridgehead atoms. The van der Waals surface area contributed by atoms with Crippen molar-refractivity contribution in [3.8, 4) is 11.4 Å². The fourth-order valence-electron chi connectivity index (χ4n) is 1.92. The van der Waals surface area contributed by atoms with E-state index in [9.17, 15) is 0 Å². The first-order chi connectivity index (χ1) is 9.70. The first-order valence-electron chi connectivity index (χ1n) is 6.14. The van der Waals surface area contributed by atoms with Crippen LogP contribution in [0.5, 0.6) is 0 Å². The molecule has 20 heavy (non-hydrogen) atoms. The summed E-state index contributed by atoms with van der Waals surface area (Å²) in [7, 11) is 0. The quantitative estimate of drug-likeness (QED) is 0.744. The lowest BCUT2D eigenvalue weighted by atomic mass is 10.1. The van der Waals surface area contributed by atoms with Crippen molar-refractivity contribution in [1.29, 1.82) is 0 Å². The number of nitrogens with two attached hydrogens (primary N) is 1. The van der Waals surface area contributed by atoms with Crippen LogP contribution in [0.3, 0.4) is 0 Å². The number of hydrogen-bond acceptors (Lipinski definition) is 4. The van der Waals surface area contributed by atoms with Crippen LogP contribution in [0.15, 0.2) is 57.5 Å². The SMILES string of the molecule is Nc1cccc(Cc2nc(-c3ccc(Br)cc3)no2)c1. The van der Waals surface area contributed by atoms with Gasteiger partial charge in [-0.15, -0.1) is 0 Å². The Morgan fingerprint density at radius 1 is 1.10 bits per heavy atom. The van der Waals surface area contributed by atoms with E-state index in [0.29, 0.717) is 18.1 Å². The molecule has 1 aromatic heterocycles. The average Bonchev–Trinajstić information content (AvgIpc) is 2.88. The number of aromatic nitrogens is 2. The number of nitrogens with zero attached hydrogens (tertiary/aromatic N) is 2. The second-order valence-electron chi connectivity index (χ2n) is 4.44. The largest absolute Gasteiger partial charge is 0.399 e. The van der Waals surface area contributed by atoms with Gasteiger partial charge in [-0.05, 0) is 42.0 Å². The predicted octanol–water partition coefficient (Wildman–Crippen LogP) is 3.67. The average molecular weight is 330 g/mol. The van der Waals surface area contributed by atoms with Gasteiger partial charge in [0.05, 0.1) is 6.42 Å². The molecule has 3 aromatic rings. The molecule has 0 radical (unpaired) electrons. The normalized spacial score (nSPS) is 10.7. The molecule has 5 heteroatoms. The minimum atomic E-state index is 0.577. The highest BCUT2D eigenvalue weighted by atomic mass is 79.9. The number of rotatable bonds is 3. The van der Waals surface area contributed by atoms with E-state index >= 15 is 0 Å². The second kappa shape index (κ2) is 5.46. The highest BCUT2D eigenvalue weighted by Crippen LogP contribution is 2.20. The highest BCUT2D eigenvalue weighted by Gasteiger charge is 2.09. The minimum Gasteiger partial charge on any atom is -0.399 e. The predicted molar refractivity (Wildman–Crippen MR) is 81.1 cm³/mol. The molecule has 0 aliphatic carbocycles. The van der Waals surface area contributed by atoms with Gasteiger partial charge in [0.15, 0.2) is 0 Å². The summed E-state index contributed by atoms with van der Waals surface area (Å²) in [6.07, 6.45) is 0.578. The second-order valence-corrected chi connectivity index (χ2v) is 5.36. The molecule has 2 aromatic carbocycles. The molecule has 4 nitrogen and oxygen atoms in total. The monoisotopic (exact) mass is 329 g/mol. The number of anilines is 1. The van der Waals surface area contributed by atoms with Crippen LogP contribution in [0.25, 0.3) is 11.4 Å². The first-order valence-corrected chi connectivity index (χ1v) is 6.93. The molecule has 0 atom stereocenters. The van der Waals surface area contributed by atoms with Crippen LogP contribution in [-0.4, -0.2) is 10.1 Å². The molecule has 1 heterocycles. The van der Waals surface area contributed by atoms with Crippen molar-refractivity contribution in [2.24, 2.45) is 0 Å². The Hall–Kier alpha value is -2.14. The Balaban J connectivity index is 1.82. The van der Waals surface area contributed by atoms with Crippen LogP contribution >= 0.6 is 15.9 Å². The molecule has 3 rings (SSSR count). The van der Waals surface area contributed by atoms with Crippen molar-refractivity contribution in [2.75, 3.05) is 5.73 Å². The van der Waals surface area contributed by atoms with Crippen LogP contribution in [0.2, 0.25) is 0 Å². The third-order valence-corrected chi connectivity index (χ3v) is 3.41. The van der Waals surface area contributed by atoms with Gasteiger partial charge in [-0.3, -0.25) is 0 Å². The van der Waals surface area contributed by atoms with Crippen molar-refractivity contribution in [2.45, 2.75) is 6.42 Å². The molecule has 100 valence electrons. The summed E-state index contributed by atoms with van der Waals surface area (Å²) in [5.41, 5.74) is 8.46. The third-order valence-electron chi connectivity index (χ3n) is 2.88. The van der Waals surface area contributed by atoms with Gasteiger partial charge in [-0.2, -0.15) is 4.98 Å². The Morgan fingerprint density at radius 3 is 2.65 bits per heavy atom. The van der Waals surface area contributed by atoms with Gasteiger partial charge >= 0.3 is 0 Å². The summed E-state index contributed by atoms with van der Waals surface area (Å²) < 4.78 is 6.30. The van der Waals surface area contributed by atoms with Gasteiger partial charge in [0.1, 0.15) is 0 Å². The molecule has 0 aliphatic rings. The van der Waals surface area contributed by atoms with Crippen molar-refractivity contribution >= 4 is 21.6 Å². The van der Waals surface area contributed by atoms with Crippen molar-refractivity contribution < 1.29 is 4.52 Å². The van der Waals surface area contributed by atoms with Crippen LogP contribution in [0.1, 0.15) is 11.5 Å². The van der Waals surface area contributed by atoms with E-state index in [1.165, 1.54) is 0 Å². The van der Waals surface area contributed by atoms with E-state index in [-0.39, 0.29) is 0 Å². The lowest BCUT2D eigenvalue weighted by molar-refractivity contribution is 0.386. The summed E-state index contributed by atoms with van der Waals surface area (Å²) in [6, 6.07) is 15.4. The smallest absolute Gasteiger partial charge is 0.231 e. The van der Waals surface area contributed by atoms with Crippen LogP contribution in [0, 0.1) is 0 Å². The maximum Gasteiger partial charge on any atom is 0.231 e. The molecule has 0 saturated heterocycles. The number of nitrogen functional groups attached to an aromatic ring is 1. The molecule has 2 N–H and O–H groups in total. The molecule has 0 amide bonds. The van der Waals surface area contributed by atoms with Gasteiger partial charge in [0.25, 0.3) is 0 Å². The summed E-state index contributed by atoms with van der Waals surface area (Å²) in [4.78, 5) is 4.40. The van der Waals surface area contributed by atoms with Gasteiger partial charge in [0.2, 0.25) is 11.7 Å². The van der Waals surface area contributed by atoms with E-state index in [2.05, 4.69) is 26.1 Å². The Kier molecular flexibility index (Phi) is 3.52. The Morgan fingerprint density at radius 2 is 1.90 bits per heavy atom. The summed E-state index contributed by atoms with van der Waals surface area (Å²) >= 11 is 3.40. The zero-order valence-corrected chi connectivity index (χ0v) is 12.2. The maximum atomic E-state index is 5.75. The molecular weight excluding hydrogens is 318 g/mol. The van der Waals surface area contributed by atoms with Crippen molar-refractivity contribution in [3.63, 3.8) is 0 Å². The fourth-order valence-corrected chi connectivity index (χ4v) is 2.18. The zero-order chi connectivity index (χ0) is 13.9.